The summed E-state index contributed by atoms with van der Waals surface area (Å²) in [7, 11) is 0. The molecule has 0 amide bonds. The number of aromatic nitrogens is 4. The Morgan fingerprint density at radius 3 is 2.74 bits per heavy atom. The summed E-state index contributed by atoms with van der Waals surface area (Å²) in [6.45, 7) is 2.36. The van der Waals surface area contributed by atoms with Gasteiger partial charge in [0.05, 0.1) is 5.52 Å². The molecule has 4 aromatic rings. The molecule has 0 atom stereocenters. The van der Waals surface area contributed by atoms with Gasteiger partial charge in [-0.15, -0.1) is 0 Å². The fourth-order valence-electron chi connectivity index (χ4n) is 2.55. The minimum Gasteiger partial charge on any atom is -0.485 e. The first kappa shape index (κ1) is 13.9. The molecule has 5 nitrogen and oxygen atoms in total. The molecule has 4 rings (SSSR count). The van der Waals surface area contributed by atoms with Gasteiger partial charge in [-0.1, -0.05) is 30.3 Å². The van der Waals surface area contributed by atoms with E-state index in [1.54, 1.807) is 4.52 Å². The number of hydrogen-bond acceptors (Lipinski definition) is 4. The van der Waals surface area contributed by atoms with E-state index in [2.05, 4.69) is 15.1 Å². The van der Waals surface area contributed by atoms with E-state index in [9.17, 15) is 0 Å². The van der Waals surface area contributed by atoms with Crippen LogP contribution in [0.1, 0.15) is 11.4 Å². The lowest BCUT2D eigenvalue weighted by Crippen LogP contribution is -1.99. The quantitative estimate of drug-likeness (QED) is 0.583. The number of rotatable bonds is 3. The van der Waals surface area contributed by atoms with Crippen LogP contribution in [0, 0.1) is 11.7 Å². The van der Waals surface area contributed by atoms with Crippen LogP contribution in [0.25, 0.3) is 16.6 Å². The molecule has 0 aliphatic heterocycles. The number of para-hydroxylation sites is 2. The Bertz CT molecular complexity index is 1070. The Labute approximate surface area is 137 Å². The summed E-state index contributed by atoms with van der Waals surface area (Å²) in [6.07, 6.45) is 0. The molecule has 6 heteroatoms. The number of nitrogens with zero attached hydrogens (tertiary/aromatic N) is 3. The first-order valence-corrected chi connectivity index (χ1v) is 7.68. The van der Waals surface area contributed by atoms with Crippen LogP contribution >= 0.6 is 12.2 Å². The van der Waals surface area contributed by atoms with Crippen LogP contribution in [0.2, 0.25) is 0 Å². The maximum absolute atomic E-state index is 5.84. The normalized spacial score (nSPS) is 11.2. The molecular formula is C17H14N4OS. The number of ether oxygens (including phenoxy) is 1. The van der Waals surface area contributed by atoms with E-state index < -0.39 is 0 Å². The van der Waals surface area contributed by atoms with E-state index in [0.717, 1.165) is 27.9 Å². The zero-order chi connectivity index (χ0) is 15.8. The first-order valence-electron chi connectivity index (χ1n) is 7.27. The molecule has 0 radical (unpaired) electrons. The molecule has 0 spiro atoms. The monoisotopic (exact) mass is 322 g/mol. The Balaban J connectivity index is 1.74. The first-order chi connectivity index (χ1) is 11.2. The summed E-state index contributed by atoms with van der Waals surface area (Å²) in [4.78, 5) is 9.04. The largest absolute Gasteiger partial charge is 0.485 e. The molecule has 0 aliphatic rings. The Morgan fingerprint density at radius 1 is 1.09 bits per heavy atom. The van der Waals surface area contributed by atoms with Gasteiger partial charge in [-0.05, 0) is 42.9 Å². The number of benzene rings is 2. The summed E-state index contributed by atoms with van der Waals surface area (Å²) in [6, 6.07) is 15.7. The molecule has 0 aliphatic carbocycles. The summed E-state index contributed by atoms with van der Waals surface area (Å²) in [5, 5.41) is 4.12. The topological polar surface area (TPSA) is 55.2 Å². The predicted molar refractivity (Wildman–Crippen MR) is 91.2 cm³/mol. The van der Waals surface area contributed by atoms with Crippen molar-refractivity contribution in [2.24, 2.45) is 0 Å². The van der Waals surface area contributed by atoms with Gasteiger partial charge in [-0.2, -0.15) is 0 Å². The summed E-state index contributed by atoms with van der Waals surface area (Å²) < 4.78 is 8.01. The van der Waals surface area contributed by atoms with E-state index >= 15 is 0 Å². The Morgan fingerprint density at radius 2 is 1.87 bits per heavy atom. The maximum Gasteiger partial charge on any atom is 0.221 e. The van der Waals surface area contributed by atoms with Gasteiger partial charge in [0, 0.05) is 5.39 Å². The lowest BCUT2D eigenvalue weighted by Gasteiger charge is -2.06. The minimum atomic E-state index is 0.343. The van der Waals surface area contributed by atoms with E-state index in [1.165, 1.54) is 0 Å². The number of fused-ring (bicyclic) bond motifs is 3. The zero-order valence-electron chi connectivity index (χ0n) is 12.5. The van der Waals surface area contributed by atoms with Gasteiger partial charge in [-0.3, -0.25) is 5.10 Å². The molecule has 2 aromatic carbocycles. The van der Waals surface area contributed by atoms with Crippen molar-refractivity contribution in [2.45, 2.75) is 13.5 Å². The average Bonchev–Trinajstić information content (AvgIpc) is 2.99. The molecule has 0 unspecified atom stereocenters. The summed E-state index contributed by atoms with van der Waals surface area (Å²) in [5.74, 6) is 1.55. The third-order valence-electron chi connectivity index (χ3n) is 3.70. The lowest BCUT2D eigenvalue weighted by molar-refractivity contribution is 0.294. The van der Waals surface area contributed by atoms with Crippen LogP contribution in [-0.2, 0) is 6.61 Å². The molecule has 1 N–H and O–H groups in total. The maximum atomic E-state index is 5.84. The van der Waals surface area contributed by atoms with Crippen molar-refractivity contribution in [1.82, 2.24) is 19.6 Å². The Hall–Kier alpha value is -2.73. The number of H-pyrrole nitrogens is 1. The van der Waals surface area contributed by atoms with Crippen LogP contribution in [0.5, 0.6) is 5.75 Å². The van der Waals surface area contributed by atoms with Gasteiger partial charge in [-0.25, -0.2) is 14.5 Å². The third-order valence-corrected chi connectivity index (χ3v) is 3.98. The molecule has 114 valence electrons. The van der Waals surface area contributed by atoms with Crippen LogP contribution in [-0.4, -0.2) is 19.6 Å². The lowest BCUT2D eigenvalue weighted by atomic mass is 10.2. The fourth-order valence-corrected chi connectivity index (χ4v) is 2.78. The van der Waals surface area contributed by atoms with Crippen molar-refractivity contribution in [3.63, 3.8) is 0 Å². The van der Waals surface area contributed by atoms with Gasteiger partial charge in [0.25, 0.3) is 0 Å². The number of nitrogens with one attached hydrogen (secondary N) is 1. The highest BCUT2D eigenvalue weighted by atomic mass is 32.1. The second kappa shape index (κ2) is 5.48. The van der Waals surface area contributed by atoms with Crippen molar-refractivity contribution in [3.8, 4) is 5.75 Å². The predicted octanol–water partition coefficient (Wildman–Crippen LogP) is 3.83. The van der Waals surface area contributed by atoms with Gasteiger partial charge < -0.3 is 4.74 Å². The van der Waals surface area contributed by atoms with Crippen LogP contribution in [0.15, 0.2) is 48.5 Å². The fraction of sp³-hybridized carbons (Fsp3) is 0.118. The Kier molecular flexibility index (Phi) is 3.31. The standard InChI is InChI=1S/C17H14N4OS/c1-11-6-2-5-9-14(11)22-10-15-19-16-12-7-3-4-8-13(12)18-17(23)21(16)20-15/h2-9H,10H2,1H3,(H,19,20). The highest BCUT2D eigenvalue weighted by Gasteiger charge is 2.09. The molecule has 2 aromatic heterocycles. The highest BCUT2D eigenvalue weighted by Crippen LogP contribution is 2.19. The van der Waals surface area contributed by atoms with Gasteiger partial charge >= 0.3 is 0 Å². The van der Waals surface area contributed by atoms with Crippen molar-refractivity contribution in [1.29, 1.82) is 0 Å². The van der Waals surface area contributed by atoms with Crippen molar-refractivity contribution >= 4 is 28.8 Å². The smallest absolute Gasteiger partial charge is 0.221 e. The van der Waals surface area contributed by atoms with Gasteiger partial charge in [0.2, 0.25) is 4.77 Å². The second-order valence-electron chi connectivity index (χ2n) is 5.30. The number of aromatic amines is 1. The number of hydrogen-bond donors (Lipinski definition) is 1. The minimum absolute atomic E-state index is 0.343. The zero-order valence-corrected chi connectivity index (χ0v) is 13.3. The van der Waals surface area contributed by atoms with Crippen LogP contribution in [0.4, 0.5) is 0 Å². The molecule has 23 heavy (non-hydrogen) atoms. The molecule has 0 saturated carbocycles. The SMILES string of the molecule is Cc1ccccc1OCc1nc2c3ccccc3nc(=S)n2[nH]1. The third kappa shape index (κ3) is 2.47. The van der Waals surface area contributed by atoms with E-state index in [0.29, 0.717) is 17.2 Å². The van der Waals surface area contributed by atoms with Crippen molar-refractivity contribution < 1.29 is 4.74 Å². The van der Waals surface area contributed by atoms with E-state index in [-0.39, 0.29) is 0 Å². The summed E-state index contributed by atoms with van der Waals surface area (Å²) >= 11 is 5.33. The van der Waals surface area contributed by atoms with E-state index in [1.807, 2.05) is 55.5 Å². The van der Waals surface area contributed by atoms with Crippen LogP contribution in [0.3, 0.4) is 0 Å². The average molecular weight is 322 g/mol. The highest BCUT2D eigenvalue weighted by molar-refractivity contribution is 7.71. The molecule has 0 saturated heterocycles. The molecule has 2 heterocycles. The molecule has 0 bridgehead atoms. The number of aryl methyl sites for hydroxylation is 1. The van der Waals surface area contributed by atoms with Crippen molar-refractivity contribution in [3.05, 3.63) is 64.7 Å². The van der Waals surface area contributed by atoms with E-state index in [4.69, 9.17) is 17.0 Å². The second-order valence-corrected chi connectivity index (χ2v) is 5.66. The van der Waals surface area contributed by atoms with Gasteiger partial charge in [0.1, 0.15) is 12.4 Å². The summed E-state index contributed by atoms with van der Waals surface area (Å²) in [5.41, 5.74) is 2.70. The molecule has 0 fully saturated rings. The van der Waals surface area contributed by atoms with Crippen LogP contribution < -0.4 is 4.74 Å². The van der Waals surface area contributed by atoms with Gasteiger partial charge in [0.15, 0.2) is 11.5 Å². The molecular weight excluding hydrogens is 308 g/mol. The van der Waals surface area contributed by atoms with Crippen molar-refractivity contribution in [2.75, 3.05) is 0 Å².